The van der Waals surface area contributed by atoms with E-state index >= 15 is 0 Å². The van der Waals surface area contributed by atoms with E-state index in [0.29, 0.717) is 5.70 Å². The number of benzene rings is 1. The molecule has 1 aromatic carbocycles. The molecule has 0 aliphatic carbocycles. The summed E-state index contributed by atoms with van der Waals surface area (Å²) >= 11 is 0. The molecule has 0 saturated carbocycles. The largest absolute Gasteiger partial charge is 0.465 e. The van der Waals surface area contributed by atoms with Gasteiger partial charge in [0.1, 0.15) is 11.4 Å². The minimum absolute atomic E-state index is 0.0285. The van der Waals surface area contributed by atoms with Gasteiger partial charge in [-0.05, 0) is 45.9 Å². The number of esters is 1. The quantitative estimate of drug-likeness (QED) is 0.446. The molecule has 8 heteroatoms. The molecule has 0 N–H and O–H groups in total. The first-order valence-corrected chi connectivity index (χ1v) is 10.6. The fourth-order valence-electron chi connectivity index (χ4n) is 3.16. The molecule has 0 bridgehead atoms. The Morgan fingerprint density at radius 3 is 2.45 bits per heavy atom. The van der Waals surface area contributed by atoms with Crippen LogP contribution in [0, 0.1) is 11.7 Å². The fraction of sp³-hybridized carbons (Fsp3) is 0.400. The van der Waals surface area contributed by atoms with E-state index in [1.807, 2.05) is 0 Å². The summed E-state index contributed by atoms with van der Waals surface area (Å²) in [6, 6.07) is 4.01. The fourth-order valence-corrected chi connectivity index (χ4v) is 3.16. The molecule has 0 aromatic heterocycles. The van der Waals surface area contributed by atoms with Crippen LogP contribution in [0.3, 0.4) is 0 Å². The number of ether oxygens (including phenoxy) is 2. The summed E-state index contributed by atoms with van der Waals surface area (Å²) in [6.45, 7) is 11.1. The summed E-state index contributed by atoms with van der Waals surface area (Å²) in [5.41, 5.74) is 0.318. The summed E-state index contributed by atoms with van der Waals surface area (Å²) in [5, 5.41) is 0. The molecular weight excluding hydrogens is 427 g/mol. The Balaban J connectivity index is 2.20. The van der Waals surface area contributed by atoms with E-state index in [1.54, 1.807) is 52.0 Å². The van der Waals surface area contributed by atoms with Gasteiger partial charge in [0, 0.05) is 24.4 Å². The first-order valence-electron chi connectivity index (χ1n) is 10.6. The van der Waals surface area contributed by atoms with Crippen molar-refractivity contribution in [3.05, 3.63) is 71.7 Å². The number of allylic oxidation sites excluding steroid dienone is 5. The first kappa shape index (κ1) is 25.8. The summed E-state index contributed by atoms with van der Waals surface area (Å²) in [7, 11) is 1.22. The van der Waals surface area contributed by atoms with Gasteiger partial charge in [0.05, 0.1) is 25.1 Å². The van der Waals surface area contributed by atoms with Crippen molar-refractivity contribution >= 4 is 18.0 Å². The van der Waals surface area contributed by atoms with E-state index in [1.165, 1.54) is 29.0 Å². The predicted octanol–water partition coefficient (Wildman–Crippen LogP) is 4.45. The van der Waals surface area contributed by atoms with Gasteiger partial charge in [-0.3, -0.25) is 4.79 Å². The van der Waals surface area contributed by atoms with Crippen LogP contribution in [0.4, 0.5) is 9.18 Å². The average Bonchev–Trinajstić information content (AvgIpc) is 2.69. The van der Waals surface area contributed by atoms with E-state index < -0.39 is 29.4 Å². The second-order valence-electron chi connectivity index (χ2n) is 8.73. The molecule has 33 heavy (non-hydrogen) atoms. The molecule has 0 radical (unpaired) electrons. The second-order valence-corrected chi connectivity index (χ2v) is 8.73. The zero-order valence-electron chi connectivity index (χ0n) is 19.8. The molecular formula is C25H31FN2O5. The van der Waals surface area contributed by atoms with E-state index in [4.69, 9.17) is 4.74 Å². The van der Waals surface area contributed by atoms with Crippen LogP contribution >= 0.6 is 0 Å². The van der Waals surface area contributed by atoms with Crippen LogP contribution in [0.5, 0.6) is 0 Å². The zero-order valence-corrected chi connectivity index (χ0v) is 19.8. The maximum Gasteiger partial charge on any atom is 0.410 e. The Labute approximate surface area is 194 Å². The molecule has 2 rings (SSSR count). The smallest absolute Gasteiger partial charge is 0.410 e. The summed E-state index contributed by atoms with van der Waals surface area (Å²) < 4.78 is 24.7. The van der Waals surface area contributed by atoms with Crippen molar-refractivity contribution in [2.24, 2.45) is 5.92 Å². The van der Waals surface area contributed by atoms with E-state index in [2.05, 4.69) is 11.3 Å². The number of methoxy groups -OCH3 is 1. The maximum atomic E-state index is 14.7. The SMILES string of the molecule is C=C/C=C\C=C(/C)N(Cc1ccc(C(=O)OC)cc1F)C(=O)C1CN(C(=O)OC(C)(C)C)C1. The summed E-state index contributed by atoms with van der Waals surface area (Å²) in [6.07, 6.45) is 6.30. The standard InChI is InChI=1S/C25H31FN2O5/c1-7-8-9-10-17(2)28(16-19-12-11-18(13-21(19)26)23(30)32-6)22(29)20-14-27(15-20)24(31)33-25(3,4)5/h7-13,20H,1,14-16H2,2-6H3/b9-8-,17-10+. The van der Waals surface area contributed by atoms with Gasteiger partial charge < -0.3 is 19.3 Å². The molecule has 1 aromatic rings. The zero-order chi connectivity index (χ0) is 24.8. The molecule has 7 nitrogen and oxygen atoms in total. The predicted molar refractivity (Wildman–Crippen MR) is 123 cm³/mol. The highest BCUT2D eigenvalue weighted by Gasteiger charge is 2.40. The molecule has 1 aliphatic heterocycles. The van der Waals surface area contributed by atoms with Crippen molar-refractivity contribution in [3.8, 4) is 0 Å². The average molecular weight is 459 g/mol. The molecule has 1 aliphatic rings. The number of likely N-dealkylation sites (tertiary alicyclic amines) is 1. The lowest BCUT2D eigenvalue weighted by atomic mass is 9.98. The number of nitrogens with zero attached hydrogens (tertiary/aromatic N) is 2. The first-order chi connectivity index (χ1) is 15.5. The van der Waals surface area contributed by atoms with Crippen LogP contribution in [0.2, 0.25) is 0 Å². The molecule has 0 atom stereocenters. The highest BCUT2D eigenvalue weighted by molar-refractivity contribution is 5.89. The van der Waals surface area contributed by atoms with Gasteiger partial charge in [0.2, 0.25) is 5.91 Å². The van der Waals surface area contributed by atoms with Gasteiger partial charge in [-0.25, -0.2) is 14.0 Å². The van der Waals surface area contributed by atoms with Gasteiger partial charge in [0.15, 0.2) is 0 Å². The molecule has 1 fully saturated rings. The minimum Gasteiger partial charge on any atom is -0.465 e. The van der Waals surface area contributed by atoms with Crippen LogP contribution in [-0.2, 0) is 20.8 Å². The third-order valence-electron chi connectivity index (χ3n) is 4.96. The van der Waals surface area contributed by atoms with Crippen molar-refractivity contribution in [3.63, 3.8) is 0 Å². The van der Waals surface area contributed by atoms with Crippen LogP contribution in [-0.4, -0.2) is 53.6 Å². The highest BCUT2D eigenvalue weighted by atomic mass is 19.1. The van der Waals surface area contributed by atoms with E-state index in [9.17, 15) is 18.8 Å². The monoisotopic (exact) mass is 458 g/mol. The summed E-state index contributed by atoms with van der Waals surface area (Å²) in [4.78, 5) is 40.0. The van der Waals surface area contributed by atoms with Crippen molar-refractivity contribution in [1.29, 1.82) is 0 Å². The number of carbonyl (C=O) groups excluding carboxylic acids is 3. The van der Waals surface area contributed by atoms with Gasteiger partial charge in [-0.2, -0.15) is 0 Å². The number of carbonyl (C=O) groups is 3. The summed E-state index contributed by atoms with van der Waals surface area (Å²) in [5.74, 6) is -1.92. The normalized spacial score (nSPS) is 14.6. The van der Waals surface area contributed by atoms with Crippen LogP contribution in [0.25, 0.3) is 0 Å². The Bertz CT molecular complexity index is 971. The highest BCUT2D eigenvalue weighted by Crippen LogP contribution is 2.25. The topological polar surface area (TPSA) is 76.2 Å². The minimum atomic E-state index is -0.643. The number of amides is 2. The Hall–Kier alpha value is -3.42. The number of hydrogen-bond donors (Lipinski definition) is 0. The van der Waals surface area contributed by atoms with Gasteiger partial charge in [-0.1, -0.05) is 30.9 Å². The lowest BCUT2D eigenvalue weighted by Gasteiger charge is -2.41. The maximum absolute atomic E-state index is 14.7. The number of hydrogen-bond acceptors (Lipinski definition) is 5. The van der Waals surface area contributed by atoms with Crippen molar-refractivity contribution < 1.29 is 28.2 Å². The van der Waals surface area contributed by atoms with E-state index in [0.717, 1.165) is 6.07 Å². The van der Waals surface area contributed by atoms with Crippen LogP contribution < -0.4 is 0 Å². The van der Waals surface area contributed by atoms with Gasteiger partial charge >= 0.3 is 12.1 Å². The molecule has 2 amide bonds. The Morgan fingerprint density at radius 1 is 1.24 bits per heavy atom. The Morgan fingerprint density at radius 2 is 1.91 bits per heavy atom. The molecule has 0 unspecified atom stereocenters. The van der Waals surface area contributed by atoms with Crippen molar-refractivity contribution in [2.45, 2.75) is 39.8 Å². The van der Waals surface area contributed by atoms with E-state index in [-0.39, 0.29) is 36.7 Å². The third-order valence-corrected chi connectivity index (χ3v) is 4.96. The molecule has 178 valence electrons. The third kappa shape index (κ3) is 7.03. The lowest BCUT2D eigenvalue weighted by Crippen LogP contribution is -2.57. The number of rotatable bonds is 7. The molecule has 1 heterocycles. The molecule has 0 spiro atoms. The van der Waals surface area contributed by atoms with Gasteiger partial charge in [-0.15, -0.1) is 0 Å². The van der Waals surface area contributed by atoms with Crippen LogP contribution in [0.1, 0.15) is 43.6 Å². The van der Waals surface area contributed by atoms with Crippen molar-refractivity contribution in [1.82, 2.24) is 9.80 Å². The van der Waals surface area contributed by atoms with Gasteiger partial charge in [0.25, 0.3) is 0 Å². The lowest BCUT2D eigenvalue weighted by molar-refractivity contribution is -0.139. The van der Waals surface area contributed by atoms with Crippen LogP contribution in [0.15, 0.2) is 54.8 Å². The Kier molecular flexibility index (Phi) is 8.56. The van der Waals surface area contributed by atoms with Crippen molar-refractivity contribution in [2.75, 3.05) is 20.2 Å². The number of halogens is 1. The molecule has 1 saturated heterocycles. The second kappa shape index (κ2) is 10.9.